The number of benzene rings is 1. The van der Waals surface area contributed by atoms with Crippen molar-refractivity contribution < 1.29 is 13.9 Å². The van der Waals surface area contributed by atoms with Crippen molar-refractivity contribution in [1.29, 1.82) is 0 Å². The Bertz CT molecular complexity index is 447. The van der Waals surface area contributed by atoms with E-state index in [1.807, 2.05) is 0 Å². The molecule has 4 nitrogen and oxygen atoms in total. The highest BCUT2D eigenvalue weighted by molar-refractivity contribution is 9.10. The number of nitrogens with one attached hydrogen (secondary N) is 1. The topological polar surface area (TPSA) is 64.4 Å². The summed E-state index contributed by atoms with van der Waals surface area (Å²) < 4.78 is 19.2. The summed E-state index contributed by atoms with van der Waals surface area (Å²) in [5.74, 6) is -0.925. The fourth-order valence-electron chi connectivity index (χ4n) is 1.60. The first-order chi connectivity index (χ1) is 8.01. The van der Waals surface area contributed by atoms with E-state index in [1.54, 1.807) is 6.07 Å². The second-order valence-electron chi connectivity index (χ2n) is 4.04. The Kier molecular flexibility index (Phi) is 3.46. The molecule has 0 aromatic heterocycles. The van der Waals surface area contributed by atoms with Crippen molar-refractivity contribution in [2.45, 2.75) is 12.0 Å². The predicted molar refractivity (Wildman–Crippen MR) is 65.1 cm³/mol. The van der Waals surface area contributed by atoms with Gasteiger partial charge in [-0.1, -0.05) is 15.9 Å². The summed E-state index contributed by atoms with van der Waals surface area (Å²) in [6, 6.07) is 4.41. The molecule has 1 aromatic carbocycles. The van der Waals surface area contributed by atoms with E-state index >= 15 is 0 Å². The molecule has 2 rings (SSSR count). The van der Waals surface area contributed by atoms with Crippen LogP contribution < -0.4 is 11.1 Å². The SMILES string of the molecule is NC1(C(=O)Nc2ccc(Br)cc2F)CCOC1. The molecule has 1 fully saturated rings. The molecule has 0 saturated carbocycles. The van der Waals surface area contributed by atoms with Crippen molar-refractivity contribution in [3.63, 3.8) is 0 Å². The monoisotopic (exact) mass is 302 g/mol. The number of hydrogen-bond acceptors (Lipinski definition) is 3. The first-order valence-corrected chi connectivity index (χ1v) is 5.94. The summed E-state index contributed by atoms with van der Waals surface area (Å²) in [7, 11) is 0. The van der Waals surface area contributed by atoms with E-state index in [2.05, 4.69) is 21.2 Å². The van der Waals surface area contributed by atoms with Gasteiger partial charge in [-0.15, -0.1) is 0 Å². The van der Waals surface area contributed by atoms with E-state index in [0.29, 0.717) is 17.5 Å². The molecule has 17 heavy (non-hydrogen) atoms. The summed E-state index contributed by atoms with van der Waals surface area (Å²) >= 11 is 3.14. The molecule has 0 aliphatic carbocycles. The van der Waals surface area contributed by atoms with Crippen molar-refractivity contribution in [2.24, 2.45) is 5.73 Å². The molecular weight excluding hydrogens is 291 g/mol. The number of nitrogens with two attached hydrogens (primary N) is 1. The predicted octanol–water partition coefficient (Wildman–Crippen LogP) is 1.64. The molecule has 1 saturated heterocycles. The summed E-state index contributed by atoms with van der Waals surface area (Å²) in [6.45, 7) is 0.615. The molecule has 1 aromatic rings. The van der Waals surface area contributed by atoms with Gasteiger partial charge in [-0.2, -0.15) is 0 Å². The minimum atomic E-state index is -1.06. The molecule has 3 N–H and O–H groups in total. The van der Waals surface area contributed by atoms with E-state index < -0.39 is 17.3 Å². The van der Waals surface area contributed by atoms with Gasteiger partial charge in [0.1, 0.15) is 11.4 Å². The molecular formula is C11H12BrFN2O2. The minimum absolute atomic E-state index is 0.120. The van der Waals surface area contributed by atoms with Crippen LogP contribution in [0.15, 0.2) is 22.7 Å². The van der Waals surface area contributed by atoms with Crippen LogP contribution in [-0.2, 0) is 9.53 Å². The molecule has 1 aliphatic heterocycles. The van der Waals surface area contributed by atoms with Crippen LogP contribution in [0, 0.1) is 5.82 Å². The third kappa shape index (κ3) is 2.65. The van der Waals surface area contributed by atoms with Crippen LogP contribution in [0.2, 0.25) is 0 Å². The molecule has 1 unspecified atom stereocenters. The quantitative estimate of drug-likeness (QED) is 0.873. The molecule has 92 valence electrons. The van der Waals surface area contributed by atoms with Crippen molar-refractivity contribution in [3.05, 3.63) is 28.5 Å². The number of hydrogen-bond donors (Lipinski definition) is 2. The van der Waals surface area contributed by atoms with Gasteiger partial charge in [-0.05, 0) is 24.6 Å². The van der Waals surface area contributed by atoms with Crippen molar-refractivity contribution in [2.75, 3.05) is 18.5 Å². The van der Waals surface area contributed by atoms with Gasteiger partial charge in [0, 0.05) is 11.1 Å². The van der Waals surface area contributed by atoms with Crippen LogP contribution in [0.1, 0.15) is 6.42 Å². The first-order valence-electron chi connectivity index (χ1n) is 5.14. The lowest BCUT2D eigenvalue weighted by atomic mass is 9.99. The standard InChI is InChI=1S/C11H12BrFN2O2/c12-7-1-2-9(8(13)5-7)15-10(16)11(14)3-4-17-6-11/h1-2,5H,3-4,6,14H2,(H,15,16). The van der Waals surface area contributed by atoms with Crippen LogP contribution in [0.5, 0.6) is 0 Å². The lowest BCUT2D eigenvalue weighted by Crippen LogP contribution is -2.51. The Morgan fingerprint density at radius 1 is 1.59 bits per heavy atom. The average molecular weight is 303 g/mol. The number of carbonyl (C=O) groups is 1. The molecule has 1 amide bonds. The maximum Gasteiger partial charge on any atom is 0.247 e. The Balaban J connectivity index is 2.13. The largest absolute Gasteiger partial charge is 0.379 e. The number of anilines is 1. The Labute approximate surface area is 106 Å². The van der Waals surface area contributed by atoms with E-state index in [0.717, 1.165) is 0 Å². The highest BCUT2D eigenvalue weighted by Gasteiger charge is 2.38. The van der Waals surface area contributed by atoms with E-state index in [4.69, 9.17) is 10.5 Å². The fraction of sp³-hybridized carbons (Fsp3) is 0.364. The average Bonchev–Trinajstić information content (AvgIpc) is 2.71. The van der Waals surface area contributed by atoms with Gasteiger partial charge in [-0.25, -0.2) is 4.39 Å². The number of amides is 1. The second kappa shape index (κ2) is 4.72. The van der Waals surface area contributed by atoms with Crippen LogP contribution in [0.4, 0.5) is 10.1 Å². The van der Waals surface area contributed by atoms with Gasteiger partial charge in [0.25, 0.3) is 0 Å². The van der Waals surface area contributed by atoms with Gasteiger partial charge in [0.15, 0.2) is 0 Å². The van der Waals surface area contributed by atoms with Crippen LogP contribution in [0.3, 0.4) is 0 Å². The third-order valence-corrected chi connectivity index (χ3v) is 3.18. The van der Waals surface area contributed by atoms with Crippen molar-refractivity contribution >= 4 is 27.5 Å². The minimum Gasteiger partial charge on any atom is -0.379 e. The molecule has 0 spiro atoms. The van der Waals surface area contributed by atoms with Crippen LogP contribution >= 0.6 is 15.9 Å². The van der Waals surface area contributed by atoms with E-state index in [-0.39, 0.29) is 12.3 Å². The molecule has 6 heteroatoms. The second-order valence-corrected chi connectivity index (χ2v) is 4.95. The highest BCUT2D eigenvalue weighted by Crippen LogP contribution is 2.22. The Hall–Kier alpha value is -0.980. The Morgan fingerprint density at radius 3 is 2.94 bits per heavy atom. The lowest BCUT2D eigenvalue weighted by Gasteiger charge is -2.20. The maximum atomic E-state index is 13.5. The zero-order valence-electron chi connectivity index (χ0n) is 9.00. The Morgan fingerprint density at radius 2 is 2.35 bits per heavy atom. The fourth-order valence-corrected chi connectivity index (χ4v) is 1.93. The molecule has 1 heterocycles. The highest BCUT2D eigenvalue weighted by atomic mass is 79.9. The van der Waals surface area contributed by atoms with Crippen molar-refractivity contribution in [3.8, 4) is 0 Å². The smallest absolute Gasteiger partial charge is 0.247 e. The van der Waals surface area contributed by atoms with Gasteiger partial charge in [0.2, 0.25) is 5.91 Å². The number of rotatable bonds is 2. The van der Waals surface area contributed by atoms with E-state index in [1.165, 1.54) is 12.1 Å². The lowest BCUT2D eigenvalue weighted by molar-refractivity contribution is -0.121. The number of ether oxygens (including phenoxy) is 1. The van der Waals surface area contributed by atoms with Gasteiger partial charge >= 0.3 is 0 Å². The third-order valence-electron chi connectivity index (χ3n) is 2.68. The number of carbonyl (C=O) groups excluding carboxylic acids is 1. The van der Waals surface area contributed by atoms with Gasteiger partial charge in [0.05, 0.1) is 12.3 Å². The number of halogens is 2. The normalized spacial score (nSPS) is 23.7. The van der Waals surface area contributed by atoms with Crippen molar-refractivity contribution in [1.82, 2.24) is 0 Å². The van der Waals surface area contributed by atoms with Gasteiger partial charge in [-0.3, -0.25) is 4.79 Å². The molecule has 0 bridgehead atoms. The van der Waals surface area contributed by atoms with E-state index in [9.17, 15) is 9.18 Å². The summed E-state index contributed by atoms with van der Waals surface area (Å²) in [6.07, 6.45) is 0.441. The maximum absolute atomic E-state index is 13.5. The summed E-state index contributed by atoms with van der Waals surface area (Å²) in [5.41, 5.74) is 4.93. The summed E-state index contributed by atoms with van der Waals surface area (Å²) in [4.78, 5) is 11.9. The zero-order chi connectivity index (χ0) is 12.5. The van der Waals surface area contributed by atoms with Crippen LogP contribution in [-0.4, -0.2) is 24.7 Å². The first kappa shape index (κ1) is 12.5. The van der Waals surface area contributed by atoms with Crippen LogP contribution in [0.25, 0.3) is 0 Å². The molecule has 1 aliphatic rings. The summed E-state index contributed by atoms with van der Waals surface area (Å²) in [5, 5.41) is 2.48. The zero-order valence-corrected chi connectivity index (χ0v) is 10.6. The molecule has 1 atom stereocenters. The van der Waals surface area contributed by atoms with Gasteiger partial charge < -0.3 is 15.8 Å². The molecule has 0 radical (unpaired) electrons.